The molecule has 0 fully saturated rings. The molecule has 2 heterocycles. The van der Waals surface area contributed by atoms with Gasteiger partial charge in [-0.25, -0.2) is 0 Å². The van der Waals surface area contributed by atoms with Crippen molar-refractivity contribution in [1.82, 2.24) is 9.97 Å². The van der Waals surface area contributed by atoms with Crippen LogP contribution in [-0.4, -0.2) is 21.8 Å². The number of nitrogens with one attached hydrogen (secondary N) is 1. The summed E-state index contributed by atoms with van der Waals surface area (Å²) in [6.45, 7) is 0. The van der Waals surface area contributed by atoms with Crippen molar-refractivity contribution in [2.45, 2.75) is 6.42 Å². The van der Waals surface area contributed by atoms with E-state index in [1.807, 2.05) is 18.2 Å². The van der Waals surface area contributed by atoms with E-state index in [1.54, 1.807) is 54.7 Å². The van der Waals surface area contributed by atoms with Gasteiger partial charge in [-0.05, 0) is 66.1 Å². The average molecular weight is 477 g/mol. The van der Waals surface area contributed by atoms with Gasteiger partial charge < -0.3 is 11.1 Å². The second-order valence-electron chi connectivity index (χ2n) is 7.23. The molecule has 33 heavy (non-hydrogen) atoms. The number of amides is 2. The number of hydrogen-bond donors (Lipinski definition) is 2. The third kappa shape index (κ3) is 5.19. The molecule has 0 spiro atoms. The molecule has 6 nitrogen and oxygen atoms in total. The number of carbonyl (C=O) groups is 2. The number of nitrogens with two attached hydrogens (primary N) is 1. The van der Waals surface area contributed by atoms with Crippen LogP contribution in [0.15, 0.2) is 79.1 Å². The number of benzene rings is 2. The average Bonchev–Trinajstić information content (AvgIpc) is 2.81. The summed E-state index contributed by atoms with van der Waals surface area (Å²) in [5.74, 6) is -0.958. The molecule has 2 amide bonds. The lowest BCUT2D eigenvalue weighted by Gasteiger charge is -2.11. The van der Waals surface area contributed by atoms with E-state index in [0.717, 1.165) is 5.56 Å². The number of rotatable bonds is 6. The topological polar surface area (TPSA) is 98.0 Å². The summed E-state index contributed by atoms with van der Waals surface area (Å²) in [7, 11) is 0. The van der Waals surface area contributed by atoms with Gasteiger partial charge in [-0.3, -0.25) is 19.6 Å². The number of nitrogens with zero attached hydrogens (tertiary/aromatic N) is 2. The quantitative estimate of drug-likeness (QED) is 0.389. The van der Waals surface area contributed by atoms with Crippen molar-refractivity contribution in [2.24, 2.45) is 5.73 Å². The van der Waals surface area contributed by atoms with Gasteiger partial charge in [0.1, 0.15) is 5.69 Å². The number of carbonyl (C=O) groups excluding carboxylic acids is 2. The maximum atomic E-state index is 12.9. The van der Waals surface area contributed by atoms with E-state index in [2.05, 4.69) is 15.3 Å². The van der Waals surface area contributed by atoms with Gasteiger partial charge in [-0.1, -0.05) is 41.4 Å². The molecule has 0 saturated heterocycles. The van der Waals surface area contributed by atoms with Crippen LogP contribution in [0.25, 0.3) is 11.3 Å². The van der Waals surface area contributed by atoms with Gasteiger partial charge in [0.05, 0.1) is 21.3 Å². The Morgan fingerprint density at radius 3 is 2.42 bits per heavy atom. The Morgan fingerprint density at radius 2 is 1.70 bits per heavy atom. The van der Waals surface area contributed by atoms with Crippen LogP contribution >= 0.6 is 23.2 Å². The summed E-state index contributed by atoms with van der Waals surface area (Å²) < 4.78 is 0. The Labute approximate surface area is 200 Å². The lowest BCUT2D eigenvalue weighted by Crippen LogP contribution is -2.16. The molecule has 0 bridgehead atoms. The minimum absolute atomic E-state index is 0.210. The molecule has 0 aliphatic carbocycles. The molecule has 164 valence electrons. The standard InChI is InChI=1S/C25H18Cl2N4O2/c26-20-9-7-17(14-19(20)22-5-1-2-10-29-22)31-25(33)18-8-6-15(13-21(18)27)12-16-4-3-11-30-23(16)24(28)32/h1-11,13-14H,12H2,(H2,28,32)(H,31,33). The van der Waals surface area contributed by atoms with Gasteiger partial charge in [-0.15, -0.1) is 0 Å². The smallest absolute Gasteiger partial charge is 0.267 e. The predicted molar refractivity (Wildman–Crippen MR) is 130 cm³/mol. The van der Waals surface area contributed by atoms with Crippen LogP contribution in [0.1, 0.15) is 32.0 Å². The lowest BCUT2D eigenvalue weighted by atomic mass is 10.0. The van der Waals surface area contributed by atoms with Gasteiger partial charge in [0.15, 0.2) is 0 Å². The molecule has 0 radical (unpaired) electrons. The van der Waals surface area contributed by atoms with Gasteiger partial charge in [-0.2, -0.15) is 0 Å². The summed E-state index contributed by atoms with van der Waals surface area (Å²) in [6, 6.07) is 19.3. The Bertz CT molecular complexity index is 1340. The van der Waals surface area contributed by atoms with Crippen molar-refractivity contribution in [3.8, 4) is 11.3 Å². The molecule has 8 heteroatoms. The van der Waals surface area contributed by atoms with Crippen molar-refractivity contribution < 1.29 is 9.59 Å². The van der Waals surface area contributed by atoms with Crippen LogP contribution in [0.4, 0.5) is 5.69 Å². The van der Waals surface area contributed by atoms with Crippen molar-refractivity contribution in [2.75, 3.05) is 5.32 Å². The first-order chi connectivity index (χ1) is 15.9. The molecular formula is C25H18Cl2N4O2. The third-order valence-electron chi connectivity index (χ3n) is 4.96. The molecular weight excluding hydrogens is 459 g/mol. The number of aromatic nitrogens is 2. The number of hydrogen-bond acceptors (Lipinski definition) is 4. The van der Waals surface area contributed by atoms with E-state index in [0.29, 0.717) is 39.5 Å². The SMILES string of the molecule is NC(=O)c1ncccc1Cc1ccc(C(=O)Nc2ccc(Cl)c(-c3ccccn3)c2)c(Cl)c1. The second kappa shape index (κ2) is 9.81. The molecule has 0 aliphatic rings. The first-order valence-electron chi connectivity index (χ1n) is 9.97. The Kier molecular flexibility index (Phi) is 6.68. The van der Waals surface area contributed by atoms with Crippen LogP contribution in [0, 0.1) is 0 Å². The zero-order chi connectivity index (χ0) is 23.4. The molecule has 2 aromatic heterocycles. The number of anilines is 1. The highest BCUT2D eigenvalue weighted by Gasteiger charge is 2.15. The monoisotopic (exact) mass is 476 g/mol. The molecule has 0 aliphatic heterocycles. The zero-order valence-electron chi connectivity index (χ0n) is 17.3. The number of pyridine rings is 2. The fraction of sp³-hybridized carbons (Fsp3) is 0.0400. The Hall–Kier alpha value is -3.74. The second-order valence-corrected chi connectivity index (χ2v) is 8.04. The van der Waals surface area contributed by atoms with E-state index in [1.165, 1.54) is 6.20 Å². The molecule has 2 aromatic carbocycles. The van der Waals surface area contributed by atoms with Crippen LogP contribution in [0.3, 0.4) is 0 Å². The van der Waals surface area contributed by atoms with Crippen LogP contribution in [0.2, 0.25) is 10.0 Å². The molecule has 4 rings (SSSR count). The summed E-state index contributed by atoms with van der Waals surface area (Å²) >= 11 is 12.7. The molecule has 3 N–H and O–H groups in total. The summed E-state index contributed by atoms with van der Waals surface area (Å²) in [6.07, 6.45) is 3.59. The normalized spacial score (nSPS) is 10.6. The highest BCUT2D eigenvalue weighted by atomic mass is 35.5. The molecule has 0 saturated carbocycles. The van der Waals surface area contributed by atoms with Crippen molar-refractivity contribution in [3.05, 3.63) is 112 Å². The minimum Gasteiger partial charge on any atom is -0.364 e. The maximum absolute atomic E-state index is 12.9. The molecule has 0 atom stereocenters. The molecule has 4 aromatic rings. The van der Waals surface area contributed by atoms with Crippen LogP contribution in [-0.2, 0) is 6.42 Å². The molecule has 0 unspecified atom stereocenters. The number of primary amides is 1. The Morgan fingerprint density at radius 1 is 0.879 bits per heavy atom. The van der Waals surface area contributed by atoms with Crippen molar-refractivity contribution in [1.29, 1.82) is 0 Å². The fourth-order valence-corrected chi connectivity index (χ4v) is 3.90. The predicted octanol–water partition coefficient (Wildman–Crippen LogP) is 5.39. The van der Waals surface area contributed by atoms with Crippen molar-refractivity contribution >= 4 is 40.7 Å². The first kappa shape index (κ1) is 22.5. The van der Waals surface area contributed by atoms with Gasteiger partial charge in [0.2, 0.25) is 0 Å². The lowest BCUT2D eigenvalue weighted by molar-refractivity contribution is 0.0992. The Balaban J connectivity index is 1.54. The third-order valence-corrected chi connectivity index (χ3v) is 5.60. The minimum atomic E-state index is -0.597. The van der Waals surface area contributed by atoms with E-state index in [9.17, 15) is 9.59 Å². The van der Waals surface area contributed by atoms with E-state index >= 15 is 0 Å². The summed E-state index contributed by atoms with van der Waals surface area (Å²) in [5, 5.41) is 3.66. The van der Waals surface area contributed by atoms with Gasteiger partial charge in [0, 0.05) is 23.6 Å². The van der Waals surface area contributed by atoms with Gasteiger partial charge >= 0.3 is 0 Å². The number of halogens is 2. The van der Waals surface area contributed by atoms with E-state index < -0.39 is 5.91 Å². The van der Waals surface area contributed by atoms with Gasteiger partial charge in [0.25, 0.3) is 11.8 Å². The fourth-order valence-electron chi connectivity index (χ4n) is 3.40. The highest BCUT2D eigenvalue weighted by Crippen LogP contribution is 2.30. The highest BCUT2D eigenvalue weighted by molar-refractivity contribution is 6.35. The van der Waals surface area contributed by atoms with Crippen LogP contribution in [0.5, 0.6) is 0 Å². The summed E-state index contributed by atoms with van der Waals surface area (Å²) in [4.78, 5) is 32.8. The largest absolute Gasteiger partial charge is 0.364 e. The van der Waals surface area contributed by atoms with E-state index in [4.69, 9.17) is 28.9 Å². The van der Waals surface area contributed by atoms with E-state index in [-0.39, 0.29) is 16.6 Å². The van der Waals surface area contributed by atoms with Crippen LogP contribution < -0.4 is 11.1 Å². The maximum Gasteiger partial charge on any atom is 0.267 e. The first-order valence-corrected chi connectivity index (χ1v) is 10.7. The van der Waals surface area contributed by atoms with Crippen molar-refractivity contribution in [3.63, 3.8) is 0 Å². The zero-order valence-corrected chi connectivity index (χ0v) is 18.8. The summed E-state index contributed by atoms with van der Waals surface area (Å²) in [5.41, 5.74) is 9.39.